The summed E-state index contributed by atoms with van der Waals surface area (Å²) in [5.74, 6) is 1.01. The van der Waals surface area contributed by atoms with E-state index in [4.69, 9.17) is 16.3 Å². The van der Waals surface area contributed by atoms with Crippen LogP contribution in [-0.2, 0) is 0 Å². The van der Waals surface area contributed by atoms with Crippen LogP contribution in [0.25, 0.3) is 0 Å². The van der Waals surface area contributed by atoms with Gasteiger partial charge in [0.2, 0.25) is 0 Å². The molecule has 1 aliphatic heterocycles. The van der Waals surface area contributed by atoms with E-state index in [1.165, 1.54) is 0 Å². The lowest BCUT2D eigenvalue weighted by Crippen LogP contribution is -2.30. The Balaban J connectivity index is 2.17. The number of hydrogen-bond acceptors (Lipinski definition) is 3. The van der Waals surface area contributed by atoms with Gasteiger partial charge in [0.1, 0.15) is 11.3 Å². The molecule has 1 saturated heterocycles. The highest BCUT2D eigenvalue weighted by atomic mass is 35.5. The van der Waals surface area contributed by atoms with E-state index >= 15 is 0 Å². The summed E-state index contributed by atoms with van der Waals surface area (Å²) in [6.07, 6.45) is 1.03. The van der Waals surface area contributed by atoms with Crippen molar-refractivity contribution in [2.75, 3.05) is 33.8 Å². The molecule has 0 aliphatic carbocycles. The van der Waals surface area contributed by atoms with Crippen molar-refractivity contribution in [3.05, 3.63) is 28.8 Å². The topological polar surface area (TPSA) is 41.6 Å². The molecule has 1 aliphatic rings. The van der Waals surface area contributed by atoms with Gasteiger partial charge in [0.05, 0.1) is 12.1 Å². The minimum Gasteiger partial charge on any atom is -0.496 e. The van der Waals surface area contributed by atoms with Crippen LogP contribution in [0, 0.1) is 5.92 Å². The van der Waals surface area contributed by atoms with E-state index in [9.17, 15) is 4.79 Å². The predicted octanol–water partition coefficient (Wildman–Crippen LogP) is 2.03. The van der Waals surface area contributed by atoms with E-state index < -0.39 is 0 Å². The lowest BCUT2D eigenvalue weighted by Gasteiger charge is -2.19. The van der Waals surface area contributed by atoms with E-state index in [2.05, 4.69) is 5.32 Å². The van der Waals surface area contributed by atoms with Crippen molar-refractivity contribution >= 4 is 17.5 Å². The minimum atomic E-state index is -0.0407. The zero-order valence-corrected chi connectivity index (χ0v) is 12.0. The SMILES string of the molecule is CNCC1CCN(C(=O)c2c(Cl)cccc2OC)C1. The van der Waals surface area contributed by atoms with Gasteiger partial charge >= 0.3 is 0 Å². The molecule has 1 fully saturated rings. The van der Waals surface area contributed by atoms with Gasteiger partial charge in [-0.2, -0.15) is 0 Å². The van der Waals surface area contributed by atoms with Crippen molar-refractivity contribution in [2.45, 2.75) is 6.42 Å². The van der Waals surface area contributed by atoms with Gasteiger partial charge in [-0.3, -0.25) is 4.79 Å². The number of hydrogen-bond donors (Lipinski definition) is 1. The fraction of sp³-hybridized carbons (Fsp3) is 0.500. The van der Waals surface area contributed by atoms with Crippen LogP contribution >= 0.6 is 11.6 Å². The molecular formula is C14H19ClN2O2. The van der Waals surface area contributed by atoms with Gasteiger partial charge in [0, 0.05) is 13.1 Å². The molecule has 0 saturated carbocycles. The quantitative estimate of drug-likeness (QED) is 0.919. The number of carbonyl (C=O) groups is 1. The number of halogens is 1. The molecule has 0 radical (unpaired) electrons. The molecule has 1 unspecified atom stereocenters. The van der Waals surface area contributed by atoms with Crippen LogP contribution in [0.1, 0.15) is 16.8 Å². The first kappa shape index (κ1) is 14.2. The van der Waals surface area contributed by atoms with E-state index in [0.29, 0.717) is 22.3 Å². The van der Waals surface area contributed by atoms with Crippen LogP contribution < -0.4 is 10.1 Å². The normalized spacial score (nSPS) is 18.7. The van der Waals surface area contributed by atoms with Crippen LogP contribution in [-0.4, -0.2) is 44.6 Å². The smallest absolute Gasteiger partial charge is 0.259 e. The number of likely N-dealkylation sites (tertiary alicyclic amines) is 1. The lowest BCUT2D eigenvalue weighted by molar-refractivity contribution is 0.0784. The standard InChI is InChI=1S/C14H19ClN2O2/c1-16-8-10-6-7-17(9-10)14(18)13-11(15)4-3-5-12(13)19-2/h3-5,10,16H,6-9H2,1-2H3. The van der Waals surface area contributed by atoms with Gasteiger partial charge in [0.15, 0.2) is 0 Å². The molecule has 1 heterocycles. The molecule has 19 heavy (non-hydrogen) atoms. The maximum absolute atomic E-state index is 12.5. The number of ether oxygens (including phenoxy) is 1. The molecule has 5 heteroatoms. The van der Waals surface area contributed by atoms with Crippen LogP contribution in [0.4, 0.5) is 0 Å². The number of amides is 1. The molecule has 0 bridgehead atoms. The van der Waals surface area contributed by atoms with Gasteiger partial charge in [-0.25, -0.2) is 0 Å². The van der Waals surface area contributed by atoms with Gasteiger partial charge in [-0.05, 0) is 38.1 Å². The van der Waals surface area contributed by atoms with Crippen LogP contribution in [0.2, 0.25) is 5.02 Å². The first-order valence-corrected chi connectivity index (χ1v) is 6.81. The van der Waals surface area contributed by atoms with E-state index in [1.54, 1.807) is 25.3 Å². The fourth-order valence-corrected chi connectivity index (χ4v) is 2.76. The molecule has 1 aromatic carbocycles. The molecule has 1 amide bonds. The van der Waals surface area contributed by atoms with Gasteiger partial charge in [-0.15, -0.1) is 0 Å². The molecule has 1 atom stereocenters. The van der Waals surface area contributed by atoms with Crippen LogP contribution in [0.5, 0.6) is 5.75 Å². The Morgan fingerprint density at radius 1 is 1.58 bits per heavy atom. The maximum Gasteiger partial charge on any atom is 0.259 e. The Bertz CT molecular complexity index is 465. The molecule has 1 aromatic rings. The molecule has 104 valence electrons. The first-order chi connectivity index (χ1) is 9.17. The van der Waals surface area contributed by atoms with E-state index in [1.807, 2.05) is 11.9 Å². The third-order valence-corrected chi connectivity index (χ3v) is 3.79. The van der Waals surface area contributed by atoms with Crippen molar-refractivity contribution in [1.29, 1.82) is 0 Å². The number of nitrogens with zero attached hydrogens (tertiary/aromatic N) is 1. The number of benzene rings is 1. The molecule has 0 aromatic heterocycles. The molecule has 2 rings (SSSR count). The summed E-state index contributed by atoms with van der Waals surface area (Å²) in [7, 11) is 3.48. The summed E-state index contributed by atoms with van der Waals surface area (Å²) in [6.45, 7) is 2.48. The number of carbonyl (C=O) groups excluding carboxylic acids is 1. The summed E-state index contributed by atoms with van der Waals surface area (Å²) in [5.41, 5.74) is 0.469. The van der Waals surface area contributed by atoms with Gasteiger partial charge in [-0.1, -0.05) is 17.7 Å². The fourth-order valence-electron chi connectivity index (χ4n) is 2.51. The number of rotatable bonds is 4. The summed E-state index contributed by atoms with van der Waals surface area (Å²) in [4.78, 5) is 14.4. The van der Waals surface area contributed by atoms with Crippen LogP contribution in [0.15, 0.2) is 18.2 Å². The Labute approximate surface area is 118 Å². The second-order valence-electron chi connectivity index (χ2n) is 4.78. The Morgan fingerprint density at radius 2 is 2.37 bits per heavy atom. The third kappa shape index (κ3) is 3.01. The van der Waals surface area contributed by atoms with E-state index in [0.717, 1.165) is 26.1 Å². The third-order valence-electron chi connectivity index (χ3n) is 3.48. The summed E-state index contributed by atoms with van der Waals surface area (Å²) >= 11 is 6.14. The zero-order chi connectivity index (χ0) is 13.8. The summed E-state index contributed by atoms with van der Waals surface area (Å²) in [6, 6.07) is 5.27. The maximum atomic E-state index is 12.5. The Kier molecular flexibility index (Phi) is 4.66. The highest BCUT2D eigenvalue weighted by Crippen LogP contribution is 2.29. The Hall–Kier alpha value is -1.26. The van der Waals surface area contributed by atoms with Crippen molar-refractivity contribution in [2.24, 2.45) is 5.92 Å². The Morgan fingerprint density at radius 3 is 3.05 bits per heavy atom. The largest absolute Gasteiger partial charge is 0.496 e. The first-order valence-electron chi connectivity index (χ1n) is 6.43. The number of methoxy groups -OCH3 is 1. The zero-order valence-electron chi connectivity index (χ0n) is 11.3. The monoisotopic (exact) mass is 282 g/mol. The highest BCUT2D eigenvalue weighted by Gasteiger charge is 2.29. The van der Waals surface area contributed by atoms with Crippen molar-refractivity contribution in [1.82, 2.24) is 10.2 Å². The van der Waals surface area contributed by atoms with Gasteiger partial charge < -0.3 is 15.0 Å². The molecular weight excluding hydrogens is 264 g/mol. The van der Waals surface area contributed by atoms with E-state index in [-0.39, 0.29) is 5.91 Å². The number of nitrogens with one attached hydrogen (secondary N) is 1. The van der Waals surface area contributed by atoms with Crippen molar-refractivity contribution < 1.29 is 9.53 Å². The summed E-state index contributed by atoms with van der Waals surface area (Å²) in [5, 5.41) is 3.60. The average molecular weight is 283 g/mol. The highest BCUT2D eigenvalue weighted by molar-refractivity contribution is 6.34. The molecule has 0 spiro atoms. The summed E-state index contributed by atoms with van der Waals surface area (Å²) < 4.78 is 5.24. The molecule has 4 nitrogen and oxygen atoms in total. The van der Waals surface area contributed by atoms with Crippen LogP contribution in [0.3, 0.4) is 0 Å². The molecule has 1 N–H and O–H groups in total. The van der Waals surface area contributed by atoms with Crippen molar-refractivity contribution in [3.8, 4) is 5.75 Å². The second kappa shape index (κ2) is 6.26. The average Bonchev–Trinajstić information content (AvgIpc) is 2.86. The minimum absolute atomic E-state index is 0.0407. The second-order valence-corrected chi connectivity index (χ2v) is 5.19. The van der Waals surface area contributed by atoms with Crippen molar-refractivity contribution in [3.63, 3.8) is 0 Å². The van der Waals surface area contributed by atoms with Gasteiger partial charge in [0.25, 0.3) is 5.91 Å². The lowest BCUT2D eigenvalue weighted by atomic mass is 10.1. The predicted molar refractivity (Wildman–Crippen MR) is 75.9 cm³/mol.